The number of rotatable bonds is 1. The summed E-state index contributed by atoms with van der Waals surface area (Å²) in [5.74, 6) is -2.00. The monoisotopic (exact) mass is 248 g/mol. The summed E-state index contributed by atoms with van der Waals surface area (Å²) in [7, 11) is 0. The van der Waals surface area contributed by atoms with E-state index in [0.717, 1.165) is 12.8 Å². The van der Waals surface area contributed by atoms with Crippen molar-refractivity contribution in [3.05, 3.63) is 11.8 Å². The van der Waals surface area contributed by atoms with Crippen molar-refractivity contribution in [3.63, 3.8) is 0 Å². The first-order valence-corrected chi connectivity index (χ1v) is 5.60. The maximum atomic E-state index is 12.1. The number of hydrogen-bond donors (Lipinski definition) is 0. The topological polar surface area (TPSA) is 26.3 Å². The Hall–Kier alpha value is -1.00. The molecule has 0 saturated heterocycles. The number of ether oxygens (including phenoxy) is 1. The molecular formula is C12H15F3O2. The highest BCUT2D eigenvalue weighted by Crippen LogP contribution is 2.64. The first-order valence-electron chi connectivity index (χ1n) is 5.60. The van der Waals surface area contributed by atoms with Crippen molar-refractivity contribution < 1.29 is 22.7 Å². The van der Waals surface area contributed by atoms with Gasteiger partial charge in [0.1, 0.15) is 5.76 Å². The third-order valence-corrected chi connectivity index (χ3v) is 4.54. The molecule has 1 saturated carbocycles. The first-order chi connectivity index (χ1) is 7.58. The second-order valence-corrected chi connectivity index (χ2v) is 5.66. The number of alkyl halides is 3. The molecule has 0 unspecified atom stereocenters. The molecule has 2 aliphatic carbocycles. The van der Waals surface area contributed by atoms with Gasteiger partial charge in [0.25, 0.3) is 0 Å². The number of carbonyl (C=O) groups excluding carboxylic acids is 1. The highest BCUT2D eigenvalue weighted by molar-refractivity contribution is 5.76. The number of halogens is 3. The van der Waals surface area contributed by atoms with Crippen LogP contribution in [0.2, 0.25) is 0 Å². The zero-order chi connectivity index (χ0) is 13.1. The molecule has 0 spiro atoms. The number of carbonyl (C=O) groups is 1. The van der Waals surface area contributed by atoms with E-state index in [0.29, 0.717) is 0 Å². The molecule has 2 atom stereocenters. The molecule has 5 heteroatoms. The van der Waals surface area contributed by atoms with E-state index in [9.17, 15) is 18.0 Å². The Balaban J connectivity index is 2.20. The van der Waals surface area contributed by atoms with Crippen LogP contribution in [0.5, 0.6) is 0 Å². The van der Waals surface area contributed by atoms with E-state index in [1.807, 2.05) is 20.8 Å². The van der Waals surface area contributed by atoms with Gasteiger partial charge in [0.05, 0.1) is 0 Å². The van der Waals surface area contributed by atoms with Crippen molar-refractivity contribution in [2.45, 2.75) is 39.8 Å². The molecule has 0 radical (unpaired) electrons. The molecule has 2 nitrogen and oxygen atoms in total. The third-order valence-electron chi connectivity index (χ3n) is 4.54. The Morgan fingerprint density at radius 1 is 1.41 bits per heavy atom. The van der Waals surface area contributed by atoms with Crippen LogP contribution in [0.3, 0.4) is 0 Å². The van der Waals surface area contributed by atoms with Crippen molar-refractivity contribution in [1.82, 2.24) is 0 Å². The fourth-order valence-corrected chi connectivity index (χ4v) is 2.96. The molecule has 2 rings (SSSR count). The smallest absolute Gasteiger partial charge is 0.424 e. The van der Waals surface area contributed by atoms with E-state index >= 15 is 0 Å². The first kappa shape index (κ1) is 12.5. The van der Waals surface area contributed by atoms with Gasteiger partial charge in [-0.2, -0.15) is 13.2 Å². The number of hydrogen-bond acceptors (Lipinski definition) is 2. The average Bonchev–Trinajstić information content (AvgIpc) is 2.46. The lowest BCUT2D eigenvalue weighted by Gasteiger charge is -2.33. The van der Waals surface area contributed by atoms with Crippen LogP contribution in [-0.4, -0.2) is 12.1 Å². The van der Waals surface area contributed by atoms with Gasteiger partial charge >= 0.3 is 12.1 Å². The second-order valence-electron chi connectivity index (χ2n) is 5.66. The molecule has 0 aliphatic heterocycles. The summed E-state index contributed by atoms with van der Waals surface area (Å²) < 4.78 is 40.9. The highest BCUT2D eigenvalue weighted by atomic mass is 19.4. The summed E-state index contributed by atoms with van der Waals surface area (Å²) in [5, 5.41) is 0. The van der Waals surface area contributed by atoms with Crippen LogP contribution < -0.4 is 0 Å². The molecule has 1 fully saturated rings. The predicted octanol–water partition coefficient (Wildman–Crippen LogP) is 3.43. The molecule has 2 aliphatic rings. The zero-order valence-corrected chi connectivity index (χ0v) is 10.0. The summed E-state index contributed by atoms with van der Waals surface area (Å²) in [6.07, 6.45) is -1.52. The minimum absolute atomic E-state index is 0.0844. The fourth-order valence-electron chi connectivity index (χ4n) is 2.96. The molecule has 0 aromatic heterocycles. The van der Waals surface area contributed by atoms with E-state index in [-0.39, 0.29) is 22.5 Å². The van der Waals surface area contributed by atoms with E-state index in [4.69, 9.17) is 0 Å². The Morgan fingerprint density at radius 2 is 2.00 bits per heavy atom. The molecular weight excluding hydrogens is 233 g/mol. The average molecular weight is 248 g/mol. The molecule has 0 aromatic carbocycles. The quantitative estimate of drug-likeness (QED) is 0.664. The number of allylic oxidation sites excluding steroid dienone is 2. The minimum atomic E-state index is -4.92. The molecule has 96 valence electrons. The molecule has 0 heterocycles. The molecule has 17 heavy (non-hydrogen) atoms. The SMILES string of the molecule is CC1(C)[C@H]2CC[C@]1(C)C=C2OC(=O)C(F)(F)F. The molecule has 2 bridgehead atoms. The number of esters is 1. The van der Waals surface area contributed by atoms with Crippen molar-refractivity contribution in [2.24, 2.45) is 16.7 Å². The Bertz CT molecular complexity index is 395. The van der Waals surface area contributed by atoms with Gasteiger partial charge in [0.15, 0.2) is 0 Å². The lowest BCUT2D eigenvalue weighted by Crippen LogP contribution is -2.29. The fraction of sp³-hybridized carbons (Fsp3) is 0.750. The van der Waals surface area contributed by atoms with Gasteiger partial charge in [-0.1, -0.05) is 20.8 Å². The normalized spacial score (nSPS) is 34.7. The lowest BCUT2D eigenvalue weighted by atomic mass is 9.70. The summed E-state index contributed by atoms with van der Waals surface area (Å²) in [6, 6.07) is 0. The standard InChI is InChI=1S/C12H15F3O2/c1-10(2)7-4-5-11(10,3)6-8(7)17-9(16)12(13,14)15/h6-7H,4-5H2,1-3H3/t7-,11+/m0/s1. The van der Waals surface area contributed by atoms with Crippen molar-refractivity contribution in [2.75, 3.05) is 0 Å². The Kier molecular flexibility index (Phi) is 2.39. The van der Waals surface area contributed by atoms with Gasteiger partial charge in [-0.15, -0.1) is 0 Å². The maximum Gasteiger partial charge on any atom is 0.491 e. The summed E-state index contributed by atoms with van der Waals surface area (Å²) >= 11 is 0. The second kappa shape index (κ2) is 3.27. The van der Waals surface area contributed by atoms with E-state index < -0.39 is 12.1 Å². The van der Waals surface area contributed by atoms with Gasteiger partial charge in [0, 0.05) is 5.92 Å². The van der Waals surface area contributed by atoms with Gasteiger partial charge in [0.2, 0.25) is 0 Å². The van der Waals surface area contributed by atoms with E-state index in [1.165, 1.54) is 0 Å². The van der Waals surface area contributed by atoms with Crippen molar-refractivity contribution >= 4 is 5.97 Å². The van der Waals surface area contributed by atoms with Crippen LogP contribution >= 0.6 is 0 Å². The van der Waals surface area contributed by atoms with Crippen molar-refractivity contribution in [1.29, 1.82) is 0 Å². The summed E-state index contributed by atoms with van der Waals surface area (Å²) in [5.41, 5.74) is -0.312. The van der Waals surface area contributed by atoms with Gasteiger partial charge in [-0.3, -0.25) is 0 Å². The van der Waals surface area contributed by atoms with Gasteiger partial charge in [-0.05, 0) is 29.7 Å². The van der Waals surface area contributed by atoms with Gasteiger partial charge in [-0.25, -0.2) is 4.79 Å². The van der Waals surface area contributed by atoms with E-state index in [2.05, 4.69) is 4.74 Å². The van der Waals surface area contributed by atoms with Crippen LogP contribution in [0, 0.1) is 16.7 Å². The van der Waals surface area contributed by atoms with Gasteiger partial charge < -0.3 is 4.74 Å². The van der Waals surface area contributed by atoms with Crippen LogP contribution in [0.4, 0.5) is 13.2 Å². The van der Waals surface area contributed by atoms with Crippen molar-refractivity contribution in [3.8, 4) is 0 Å². The molecule has 0 aromatic rings. The van der Waals surface area contributed by atoms with Crippen LogP contribution in [0.25, 0.3) is 0 Å². The predicted molar refractivity (Wildman–Crippen MR) is 54.8 cm³/mol. The molecule has 0 amide bonds. The third kappa shape index (κ3) is 1.67. The van der Waals surface area contributed by atoms with E-state index in [1.54, 1.807) is 6.08 Å². The highest BCUT2D eigenvalue weighted by Gasteiger charge is 2.58. The Morgan fingerprint density at radius 3 is 2.35 bits per heavy atom. The molecule has 0 N–H and O–H groups in total. The largest absolute Gasteiger partial charge is 0.491 e. The zero-order valence-electron chi connectivity index (χ0n) is 10.0. The van der Waals surface area contributed by atoms with Crippen LogP contribution in [0.1, 0.15) is 33.6 Å². The maximum absolute atomic E-state index is 12.1. The minimum Gasteiger partial charge on any atom is -0.424 e. The number of fused-ring (bicyclic) bond motifs is 2. The summed E-state index contributed by atoms with van der Waals surface area (Å²) in [6.45, 7) is 6.02. The summed E-state index contributed by atoms with van der Waals surface area (Å²) in [4.78, 5) is 10.8. The Labute approximate surface area is 97.8 Å². The lowest BCUT2D eigenvalue weighted by molar-refractivity contribution is -0.196. The van der Waals surface area contributed by atoms with Crippen LogP contribution in [0.15, 0.2) is 11.8 Å². The van der Waals surface area contributed by atoms with Crippen LogP contribution in [-0.2, 0) is 9.53 Å².